The minimum atomic E-state index is -1.60. The highest BCUT2D eigenvalue weighted by atomic mass is 35.5. The van der Waals surface area contributed by atoms with Crippen LogP contribution < -0.4 is 5.73 Å². The molecule has 0 aliphatic carbocycles. The molecule has 0 heterocycles. The van der Waals surface area contributed by atoms with Gasteiger partial charge in [0.2, 0.25) is 0 Å². The number of nitrogens with two attached hydrogens (primary N) is 1. The van der Waals surface area contributed by atoms with E-state index in [1.165, 1.54) is 0 Å². The van der Waals surface area contributed by atoms with Crippen LogP contribution >= 0.6 is 11.6 Å². The standard InChI is InChI=1S/C7H3ClF3NO/c8-3-4(9)2(1-13)7(12)6(11)5(3)10/h1H,12H2. The Bertz CT molecular complexity index is 351. The van der Waals surface area contributed by atoms with Gasteiger partial charge < -0.3 is 5.73 Å². The van der Waals surface area contributed by atoms with E-state index in [9.17, 15) is 18.0 Å². The third kappa shape index (κ3) is 1.35. The quantitative estimate of drug-likeness (QED) is 0.333. The third-order valence-corrected chi connectivity index (χ3v) is 1.79. The van der Waals surface area contributed by atoms with Crippen molar-refractivity contribution in [1.82, 2.24) is 0 Å². The maximum atomic E-state index is 12.9. The predicted molar refractivity (Wildman–Crippen MR) is 41.1 cm³/mol. The average molecular weight is 210 g/mol. The van der Waals surface area contributed by atoms with E-state index in [2.05, 4.69) is 0 Å². The van der Waals surface area contributed by atoms with Gasteiger partial charge in [0.1, 0.15) is 5.02 Å². The molecule has 0 radical (unpaired) electrons. The van der Waals surface area contributed by atoms with Crippen molar-refractivity contribution >= 4 is 23.6 Å². The Kier molecular flexibility index (Phi) is 2.47. The van der Waals surface area contributed by atoms with E-state index in [-0.39, 0.29) is 6.29 Å². The van der Waals surface area contributed by atoms with Crippen LogP contribution in [0.2, 0.25) is 5.02 Å². The number of rotatable bonds is 1. The van der Waals surface area contributed by atoms with E-state index in [0.717, 1.165) is 0 Å². The summed E-state index contributed by atoms with van der Waals surface area (Å²) in [4.78, 5) is 10.2. The van der Waals surface area contributed by atoms with Crippen LogP contribution in [-0.2, 0) is 0 Å². The van der Waals surface area contributed by atoms with Crippen LogP contribution in [0.5, 0.6) is 0 Å². The molecule has 6 heteroatoms. The largest absolute Gasteiger partial charge is 0.396 e. The second kappa shape index (κ2) is 3.26. The van der Waals surface area contributed by atoms with E-state index < -0.39 is 33.7 Å². The van der Waals surface area contributed by atoms with Crippen molar-refractivity contribution in [3.8, 4) is 0 Å². The predicted octanol–water partition coefficient (Wildman–Crippen LogP) is 2.15. The lowest BCUT2D eigenvalue weighted by Gasteiger charge is -2.04. The van der Waals surface area contributed by atoms with Gasteiger partial charge in [0, 0.05) is 0 Å². The van der Waals surface area contributed by atoms with E-state index in [1.807, 2.05) is 0 Å². The van der Waals surface area contributed by atoms with Crippen LogP contribution in [0.3, 0.4) is 0 Å². The molecule has 2 nitrogen and oxygen atoms in total. The van der Waals surface area contributed by atoms with Gasteiger partial charge in [-0.2, -0.15) is 0 Å². The molecule has 0 atom stereocenters. The Morgan fingerprint density at radius 3 is 2.15 bits per heavy atom. The molecule has 1 aromatic carbocycles. The molecule has 0 aliphatic rings. The van der Waals surface area contributed by atoms with Crippen molar-refractivity contribution in [3.63, 3.8) is 0 Å². The molecular formula is C7H3ClF3NO. The van der Waals surface area contributed by atoms with E-state index in [4.69, 9.17) is 17.3 Å². The lowest BCUT2D eigenvalue weighted by molar-refractivity contribution is 0.112. The van der Waals surface area contributed by atoms with Gasteiger partial charge in [-0.05, 0) is 0 Å². The van der Waals surface area contributed by atoms with Crippen molar-refractivity contribution in [1.29, 1.82) is 0 Å². The highest BCUT2D eigenvalue weighted by molar-refractivity contribution is 6.31. The summed E-state index contributed by atoms with van der Waals surface area (Å²) in [7, 11) is 0. The lowest BCUT2D eigenvalue weighted by atomic mass is 10.1. The van der Waals surface area contributed by atoms with Gasteiger partial charge >= 0.3 is 0 Å². The molecule has 13 heavy (non-hydrogen) atoms. The second-order valence-corrected chi connectivity index (χ2v) is 2.58. The van der Waals surface area contributed by atoms with Crippen molar-refractivity contribution in [2.45, 2.75) is 0 Å². The molecular weight excluding hydrogens is 207 g/mol. The lowest BCUT2D eigenvalue weighted by Crippen LogP contribution is -2.04. The zero-order valence-corrected chi connectivity index (χ0v) is 6.83. The summed E-state index contributed by atoms with van der Waals surface area (Å²) in [5.74, 6) is -4.47. The molecule has 0 aromatic heterocycles. The Morgan fingerprint density at radius 1 is 1.15 bits per heavy atom. The highest BCUT2D eigenvalue weighted by Gasteiger charge is 2.21. The van der Waals surface area contributed by atoms with Gasteiger partial charge in [-0.1, -0.05) is 11.6 Å². The molecule has 0 saturated heterocycles. The summed E-state index contributed by atoms with van der Waals surface area (Å²) in [6.45, 7) is 0. The number of carbonyl (C=O) groups is 1. The topological polar surface area (TPSA) is 43.1 Å². The normalized spacial score (nSPS) is 10.2. The fraction of sp³-hybridized carbons (Fsp3) is 0. The molecule has 0 unspecified atom stereocenters. The molecule has 1 aromatic rings. The van der Waals surface area contributed by atoms with E-state index >= 15 is 0 Å². The fourth-order valence-electron chi connectivity index (χ4n) is 0.781. The molecule has 2 N–H and O–H groups in total. The molecule has 0 spiro atoms. The molecule has 0 amide bonds. The summed E-state index contributed by atoms with van der Waals surface area (Å²) in [6, 6.07) is 0. The summed E-state index contributed by atoms with van der Waals surface area (Å²) in [5, 5.41) is -1.08. The average Bonchev–Trinajstić information content (AvgIpc) is 2.13. The molecule has 0 saturated carbocycles. The number of hydrogen-bond acceptors (Lipinski definition) is 2. The van der Waals surface area contributed by atoms with Gasteiger partial charge in [0.25, 0.3) is 0 Å². The van der Waals surface area contributed by atoms with Gasteiger partial charge in [-0.15, -0.1) is 0 Å². The van der Waals surface area contributed by atoms with Crippen molar-refractivity contribution < 1.29 is 18.0 Å². The fourth-order valence-corrected chi connectivity index (χ4v) is 0.966. The van der Waals surface area contributed by atoms with E-state index in [0.29, 0.717) is 0 Å². The summed E-state index contributed by atoms with van der Waals surface area (Å²) >= 11 is 5.03. The minimum absolute atomic E-state index is 0.0287. The number of aldehydes is 1. The molecule has 1 rings (SSSR count). The SMILES string of the molecule is Nc1c(F)c(F)c(Cl)c(F)c1C=O. The number of anilines is 1. The van der Waals surface area contributed by atoms with Gasteiger partial charge in [0.15, 0.2) is 23.7 Å². The Hall–Kier alpha value is -1.23. The Morgan fingerprint density at radius 2 is 1.69 bits per heavy atom. The van der Waals surface area contributed by atoms with Crippen LogP contribution in [0.4, 0.5) is 18.9 Å². The highest BCUT2D eigenvalue weighted by Crippen LogP contribution is 2.29. The van der Waals surface area contributed by atoms with Gasteiger partial charge in [-0.25, -0.2) is 13.2 Å². The third-order valence-electron chi connectivity index (χ3n) is 1.46. The number of hydrogen-bond donors (Lipinski definition) is 1. The summed E-state index contributed by atoms with van der Waals surface area (Å²) in [5.41, 5.74) is 3.26. The van der Waals surface area contributed by atoms with Crippen molar-refractivity contribution in [3.05, 3.63) is 28.0 Å². The van der Waals surface area contributed by atoms with Gasteiger partial charge in [0.05, 0.1) is 11.3 Å². The van der Waals surface area contributed by atoms with Crippen molar-refractivity contribution in [2.75, 3.05) is 5.73 Å². The van der Waals surface area contributed by atoms with Crippen LogP contribution in [0.1, 0.15) is 10.4 Å². The number of halogens is 4. The maximum absolute atomic E-state index is 12.9. The van der Waals surface area contributed by atoms with Crippen LogP contribution in [-0.4, -0.2) is 6.29 Å². The first-order valence-electron chi connectivity index (χ1n) is 3.07. The summed E-state index contributed by atoms with van der Waals surface area (Å²) < 4.78 is 38.2. The first-order valence-corrected chi connectivity index (χ1v) is 3.45. The number of benzene rings is 1. The molecule has 70 valence electrons. The number of nitrogen functional groups attached to an aromatic ring is 1. The zero-order valence-electron chi connectivity index (χ0n) is 6.07. The minimum Gasteiger partial charge on any atom is -0.396 e. The molecule has 0 aliphatic heterocycles. The van der Waals surface area contributed by atoms with Gasteiger partial charge in [-0.3, -0.25) is 4.79 Å². The van der Waals surface area contributed by atoms with Crippen LogP contribution in [0.15, 0.2) is 0 Å². The monoisotopic (exact) mass is 209 g/mol. The molecule has 0 bridgehead atoms. The first-order chi connectivity index (χ1) is 6.00. The van der Waals surface area contributed by atoms with Crippen LogP contribution in [0, 0.1) is 17.5 Å². The van der Waals surface area contributed by atoms with Crippen LogP contribution in [0.25, 0.3) is 0 Å². The zero-order chi connectivity index (χ0) is 10.2. The number of carbonyl (C=O) groups excluding carboxylic acids is 1. The summed E-state index contributed by atoms with van der Waals surface area (Å²) in [6.07, 6.45) is -0.0287. The second-order valence-electron chi connectivity index (χ2n) is 2.20. The Balaban J connectivity index is 3.66. The van der Waals surface area contributed by atoms with E-state index in [1.54, 1.807) is 0 Å². The Labute approximate surface area is 76.1 Å². The molecule has 0 fully saturated rings. The van der Waals surface area contributed by atoms with Crippen molar-refractivity contribution in [2.24, 2.45) is 0 Å². The maximum Gasteiger partial charge on any atom is 0.184 e. The smallest absolute Gasteiger partial charge is 0.184 e. The first kappa shape index (κ1) is 9.85.